The van der Waals surface area contributed by atoms with Crippen LogP contribution in [0.15, 0.2) is 30.3 Å². The van der Waals surface area contributed by atoms with Crippen LogP contribution in [-0.4, -0.2) is 23.2 Å². The zero-order valence-electron chi connectivity index (χ0n) is 10.5. The van der Waals surface area contributed by atoms with Crippen molar-refractivity contribution in [1.29, 1.82) is 0 Å². The maximum Gasteiger partial charge on any atom is 0.304 e. The summed E-state index contributed by atoms with van der Waals surface area (Å²) in [5, 5.41) is 12.3. The molecule has 0 bridgehead atoms. The number of hydrogen-bond donors (Lipinski definition) is 2. The maximum absolute atomic E-state index is 10.8. The lowest BCUT2D eigenvalue weighted by Crippen LogP contribution is -2.39. The Morgan fingerprint density at radius 1 is 1.35 bits per heavy atom. The Balaban J connectivity index is 2.60. The van der Waals surface area contributed by atoms with Crippen LogP contribution in [0.3, 0.4) is 0 Å². The van der Waals surface area contributed by atoms with Gasteiger partial charge in [-0.3, -0.25) is 4.79 Å². The molecule has 17 heavy (non-hydrogen) atoms. The van der Waals surface area contributed by atoms with E-state index in [1.54, 1.807) is 0 Å². The van der Waals surface area contributed by atoms with E-state index in [0.717, 1.165) is 12.8 Å². The Morgan fingerprint density at radius 2 is 2.00 bits per heavy atom. The van der Waals surface area contributed by atoms with Gasteiger partial charge in [-0.05, 0) is 25.3 Å². The Labute approximate surface area is 103 Å². The highest BCUT2D eigenvalue weighted by Gasteiger charge is 2.15. The van der Waals surface area contributed by atoms with Crippen molar-refractivity contribution >= 4 is 5.97 Å². The van der Waals surface area contributed by atoms with Crippen molar-refractivity contribution < 1.29 is 9.90 Å². The first-order valence-electron chi connectivity index (χ1n) is 6.13. The molecule has 3 heteroatoms. The molecule has 2 atom stereocenters. The molecule has 94 valence electrons. The van der Waals surface area contributed by atoms with Crippen molar-refractivity contribution in [2.24, 2.45) is 0 Å². The monoisotopic (exact) mass is 235 g/mol. The second-order valence-electron chi connectivity index (χ2n) is 4.46. The first kappa shape index (κ1) is 13.7. The minimum Gasteiger partial charge on any atom is -0.481 e. The van der Waals surface area contributed by atoms with E-state index < -0.39 is 5.97 Å². The molecule has 1 rings (SSSR count). The van der Waals surface area contributed by atoms with Gasteiger partial charge in [0, 0.05) is 12.1 Å². The number of carboxylic acid groups (broad SMARTS) is 1. The highest BCUT2D eigenvalue weighted by Crippen LogP contribution is 2.07. The molecule has 0 saturated heterocycles. The average molecular weight is 235 g/mol. The number of hydrogen-bond acceptors (Lipinski definition) is 2. The standard InChI is InChI=1S/C14H21NO2/c1-3-11(2)15-13(10-14(16)17)9-12-7-5-4-6-8-12/h4-8,11,13,15H,3,9-10H2,1-2H3,(H,16,17). The van der Waals surface area contributed by atoms with Crippen molar-refractivity contribution in [2.75, 3.05) is 0 Å². The highest BCUT2D eigenvalue weighted by atomic mass is 16.4. The van der Waals surface area contributed by atoms with E-state index >= 15 is 0 Å². The predicted octanol–water partition coefficient (Wildman–Crippen LogP) is 2.46. The van der Waals surface area contributed by atoms with Crippen LogP contribution < -0.4 is 5.32 Å². The summed E-state index contributed by atoms with van der Waals surface area (Å²) in [6.45, 7) is 4.18. The lowest BCUT2D eigenvalue weighted by atomic mass is 10.0. The number of benzene rings is 1. The fourth-order valence-electron chi connectivity index (χ4n) is 1.82. The van der Waals surface area contributed by atoms with Gasteiger partial charge in [-0.2, -0.15) is 0 Å². The molecule has 0 aromatic heterocycles. The third-order valence-electron chi connectivity index (χ3n) is 2.88. The second kappa shape index (κ2) is 7.07. The van der Waals surface area contributed by atoms with E-state index in [-0.39, 0.29) is 12.5 Å². The van der Waals surface area contributed by atoms with E-state index in [0.29, 0.717) is 6.04 Å². The van der Waals surface area contributed by atoms with Gasteiger partial charge in [0.25, 0.3) is 0 Å². The van der Waals surface area contributed by atoms with Gasteiger partial charge in [0.2, 0.25) is 0 Å². The SMILES string of the molecule is CCC(C)NC(CC(=O)O)Cc1ccccc1. The zero-order chi connectivity index (χ0) is 12.7. The van der Waals surface area contributed by atoms with Crippen LogP contribution >= 0.6 is 0 Å². The van der Waals surface area contributed by atoms with Crippen LogP contribution in [0.5, 0.6) is 0 Å². The Kier molecular flexibility index (Phi) is 5.70. The van der Waals surface area contributed by atoms with E-state index in [1.165, 1.54) is 5.56 Å². The lowest BCUT2D eigenvalue weighted by Gasteiger charge is -2.21. The second-order valence-corrected chi connectivity index (χ2v) is 4.46. The van der Waals surface area contributed by atoms with Crippen molar-refractivity contribution in [1.82, 2.24) is 5.32 Å². The van der Waals surface area contributed by atoms with E-state index in [1.807, 2.05) is 30.3 Å². The lowest BCUT2D eigenvalue weighted by molar-refractivity contribution is -0.137. The van der Waals surface area contributed by atoms with Crippen LogP contribution in [0.2, 0.25) is 0 Å². The van der Waals surface area contributed by atoms with Crippen molar-refractivity contribution in [3.63, 3.8) is 0 Å². The van der Waals surface area contributed by atoms with Crippen molar-refractivity contribution in [3.05, 3.63) is 35.9 Å². The van der Waals surface area contributed by atoms with Gasteiger partial charge in [0.15, 0.2) is 0 Å². The molecule has 2 N–H and O–H groups in total. The predicted molar refractivity (Wildman–Crippen MR) is 69.1 cm³/mol. The summed E-state index contributed by atoms with van der Waals surface area (Å²) < 4.78 is 0. The molecule has 0 spiro atoms. The Bertz CT molecular complexity index is 337. The molecule has 0 aliphatic carbocycles. The summed E-state index contributed by atoms with van der Waals surface area (Å²) in [5.74, 6) is -0.748. The molecule has 0 heterocycles. The smallest absolute Gasteiger partial charge is 0.304 e. The molecule has 0 saturated carbocycles. The van der Waals surface area contributed by atoms with Gasteiger partial charge in [-0.1, -0.05) is 37.3 Å². The topological polar surface area (TPSA) is 49.3 Å². The van der Waals surface area contributed by atoms with Gasteiger partial charge in [-0.25, -0.2) is 0 Å². The fraction of sp³-hybridized carbons (Fsp3) is 0.500. The largest absolute Gasteiger partial charge is 0.481 e. The third kappa shape index (κ3) is 5.50. The Morgan fingerprint density at radius 3 is 2.53 bits per heavy atom. The number of nitrogens with one attached hydrogen (secondary N) is 1. The number of carboxylic acids is 1. The molecule has 0 fully saturated rings. The fourth-order valence-corrected chi connectivity index (χ4v) is 1.82. The molecule has 1 aromatic rings. The molecule has 0 radical (unpaired) electrons. The van der Waals surface area contributed by atoms with E-state index in [4.69, 9.17) is 5.11 Å². The highest BCUT2D eigenvalue weighted by molar-refractivity contribution is 5.67. The third-order valence-corrected chi connectivity index (χ3v) is 2.88. The summed E-state index contributed by atoms with van der Waals surface area (Å²) >= 11 is 0. The summed E-state index contributed by atoms with van der Waals surface area (Å²) in [5.41, 5.74) is 1.18. The Hall–Kier alpha value is -1.35. The van der Waals surface area contributed by atoms with Crippen LogP contribution in [0.4, 0.5) is 0 Å². The molecule has 1 aromatic carbocycles. The average Bonchev–Trinajstić information content (AvgIpc) is 2.29. The van der Waals surface area contributed by atoms with Crippen LogP contribution in [0.25, 0.3) is 0 Å². The zero-order valence-corrected chi connectivity index (χ0v) is 10.5. The van der Waals surface area contributed by atoms with Gasteiger partial charge in [-0.15, -0.1) is 0 Å². The first-order valence-corrected chi connectivity index (χ1v) is 6.13. The van der Waals surface area contributed by atoms with Crippen LogP contribution in [0, 0.1) is 0 Å². The molecule has 2 unspecified atom stereocenters. The molecular formula is C14H21NO2. The molecule has 0 aliphatic rings. The molecule has 0 amide bonds. The summed E-state index contributed by atoms with van der Waals surface area (Å²) in [4.78, 5) is 10.8. The van der Waals surface area contributed by atoms with Crippen molar-refractivity contribution in [3.8, 4) is 0 Å². The van der Waals surface area contributed by atoms with Gasteiger partial charge >= 0.3 is 5.97 Å². The maximum atomic E-state index is 10.8. The first-order chi connectivity index (χ1) is 8.11. The van der Waals surface area contributed by atoms with Crippen LogP contribution in [-0.2, 0) is 11.2 Å². The van der Waals surface area contributed by atoms with E-state index in [9.17, 15) is 4.79 Å². The number of rotatable bonds is 7. The van der Waals surface area contributed by atoms with Crippen molar-refractivity contribution in [2.45, 2.75) is 45.2 Å². The minimum absolute atomic E-state index is 0.00449. The van der Waals surface area contributed by atoms with E-state index in [2.05, 4.69) is 19.2 Å². The number of carbonyl (C=O) groups is 1. The van der Waals surface area contributed by atoms with Gasteiger partial charge < -0.3 is 10.4 Å². The summed E-state index contributed by atoms with van der Waals surface area (Å²) in [6.07, 6.45) is 1.93. The summed E-state index contributed by atoms with van der Waals surface area (Å²) in [7, 11) is 0. The summed E-state index contributed by atoms with van der Waals surface area (Å²) in [6, 6.07) is 10.4. The quantitative estimate of drug-likeness (QED) is 0.763. The number of aliphatic carboxylic acids is 1. The van der Waals surface area contributed by atoms with Gasteiger partial charge in [0.05, 0.1) is 6.42 Å². The van der Waals surface area contributed by atoms with Gasteiger partial charge in [0.1, 0.15) is 0 Å². The minimum atomic E-state index is -0.748. The normalized spacial score (nSPS) is 14.2. The molecule has 0 aliphatic heterocycles. The van der Waals surface area contributed by atoms with Crippen LogP contribution in [0.1, 0.15) is 32.3 Å². The molecular weight excluding hydrogens is 214 g/mol. The molecule has 3 nitrogen and oxygen atoms in total.